The highest BCUT2D eigenvalue weighted by atomic mass is 16.5. The van der Waals surface area contributed by atoms with Crippen LogP contribution in [-0.4, -0.2) is 30.2 Å². The Morgan fingerprint density at radius 2 is 1.62 bits per heavy atom. The molecule has 138 valence electrons. The zero-order chi connectivity index (χ0) is 18.8. The zero-order valence-corrected chi connectivity index (χ0v) is 14.7. The van der Waals surface area contributed by atoms with Crippen molar-refractivity contribution in [1.29, 1.82) is 0 Å². The number of carbonyl (C=O) groups excluding carboxylic acids is 1. The zero-order valence-electron chi connectivity index (χ0n) is 14.7. The molecule has 2 rings (SSSR count). The van der Waals surface area contributed by atoms with Gasteiger partial charge in [0, 0.05) is 6.42 Å². The topological polar surface area (TPSA) is 84.9 Å². The van der Waals surface area contributed by atoms with Gasteiger partial charge in [0.05, 0.1) is 13.2 Å². The van der Waals surface area contributed by atoms with Gasteiger partial charge >= 0.3 is 5.97 Å². The number of carbonyl (C=O) groups is 2. The number of carboxylic acid groups (broad SMARTS) is 1. The molecule has 0 aliphatic carbocycles. The predicted octanol–water partition coefficient (Wildman–Crippen LogP) is 3.19. The summed E-state index contributed by atoms with van der Waals surface area (Å²) in [6.45, 7) is 2.77. The largest absolute Gasteiger partial charge is 0.490 e. The first kappa shape index (κ1) is 19.3. The average Bonchev–Trinajstić information content (AvgIpc) is 2.65. The molecule has 0 aromatic heterocycles. The minimum Gasteiger partial charge on any atom is -0.490 e. The molecule has 0 saturated heterocycles. The Hall–Kier alpha value is -3.02. The van der Waals surface area contributed by atoms with Gasteiger partial charge in [-0.25, -0.2) is 4.79 Å². The van der Waals surface area contributed by atoms with E-state index in [1.807, 2.05) is 25.1 Å². The van der Waals surface area contributed by atoms with Crippen molar-refractivity contribution in [2.24, 2.45) is 0 Å². The van der Waals surface area contributed by atoms with Crippen molar-refractivity contribution in [3.63, 3.8) is 0 Å². The van der Waals surface area contributed by atoms with Crippen LogP contribution in [0.1, 0.15) is 31.4 Å². The fraction of sp³-hybridized carbons (Fsp3) is 0.300. The summed E-state index contributed by atoms with van der Waals surface area (Å²) in [6.07, 6.45) is 0.640. The van der Waals surface area contributed by atoms with Crippen LogP contribution in [-0.2, 0) is 9.59 Å². The predicted molar refractivity (Wildman–Crippen MR) is 97.3 cm³/mol. The van der Waals surface area contributed by atoms with E-state index in [4.69, 9.17) is 9.47 Å². The van der Waals surface area contributed by atoms with E-state index in [9.17, 15) is 14.7 Å². The maximum Gasteiger partial charge on any atom is 0.330 e. The van der Waals surface area contributed by atoms with E-state index in [0.29, 0.717) is 36.7 Å². The molecular formula is C20H23NO5. The second-order valence-corrected chi connectivity index (χ2v) is 5.58. The van der Waals surface area contributed by atoms with Crippen LogP contribution in [0.3, 0.4) is 0 Å². The molecule has 2 aromatic carbocycles. The van der Waals surface area contributed by atoms with E-state index in [1.54, 1.807) is 36.4 Å². The van der Waals surface area contributed by atoms with Crippen molar-refractivity contribution < 1.29 is 24.2 Å². The number of carboxylic acids is 1. The molecule has 0 spiro atoms. The molecule has 2 N–H and O–H groups in total. The molecular weight excluding hydrogens is 334 g/mol. The molecule has 0 heterocycles. The fourth-order valence-electron chi connectivity index (χ4n) is 2.43. The number of hydrogen-bond donors (Lipinski definition) is 2. The van der Waals surface area contributed by atoms with Gasteiger partial charge in [0.2, 0.25) is 5.91 Å². The molecule has 0 aliphatic rings. The minimum atomic E-state index is -1.09. The number of ether oxygens (including phenoxy) is 2. The molecule has 0 aliphatic heterocycles. The van der Waals surface area contributed by atoms with Crippen LogP contribution in [0.5, 0.6) is 11.5 Å². The van der Waals surface area contributed by atoms with Crippen molar-refractivity contribution in [2.45, 2.75) is 25.8 Å². The second kappa shape index (κ2) is 10.1. The first-order valence-electron chi connectivity index (χ1n) is 8.53. The molecule has 0 unspecified atom stereocenters. The molecule has 0 bridgehead atoms. The summed E-state index contributed by atoms with van der Waals surface area (Å²) in [6, 6.07) is 14.9. The standard InChI is InChI=1S/C20H23NO5/c1-2-25-16-11-6-7-12-17(16)26-14-8-13-18(22)21-19(20(23)24)15-9-4-3-5-10-15/h3-7,9-12,19H,2,8,13-14H2,1H3,(H,21,22)(H,23,24)/t19-/m1/s1. The Bertz CT molecular complexity index is 717. The maximum absolute atomic E-state index is 12.1. The lowest BCUT2D eigenvalue weighted by atomic mass is 10.1. The van der Waals surface area contributed by atoms with Gasteiger partial charge in [0.15, 0.2) is 17.5 Å². The van der Waals surface area contributed by atoms with E-state index in [-0.39, 0.29) is 12.3 Å². The first-order chi connectivity index (χ1) is 12.6. The van der Waals surface area contributed by atoms with Gasteiger partial charge in [-0.2, -0.15) is 0 Å². The van der Waals surface area contributed by atoms with Gasteiger partial charge in [-0.05, 0) is 31.0 Å². The van der Waals surface area contributed by atoms with Crippen LogP contribution < -0.4 is 14.8 Å². The third-order valence-electron chi connectivity index (χ3n) is 3.64. The van der Waals surface area contributed by atoms with E-state index in [1.165, 1.54) is 0 Å². The second-order valence-electron chi connectivity index (χ2n) is 5.58. The number of aliphatic carboxylic acids is 1. The number of nitrogens with one attached hydrogen (secondary N) is 1. The summed E-state index contributed by atoms with van der Waals surface area (Å²) < 4.78 is 11.1. The van der Waals surface area contributed by atoms with Gasteiger partial charge in [0.1, 0.15) is 0 Å². The minimum absolute atomic E-state index is 0.174. The Morgan fingerprint density at radius 1 is 1.00 bits per heavy atom. The molecule has 1 atom stereocenters. The Morgan fingerprint density at radius 3 is 2.23 bits per heavy atom. The molecule has 6 nitrogen and oxygen atoms in total. The van der Waals surface area contributed by atoms with Crippen molar-refractivity contribution >= 4 is 11.9 Å². The van der Waals surface area contributed by atoms with Crippen molar-refractivity contribution in [2.75, 3.05) is 13.2 Å². The van der Waals surface area contributed by atoms with Gasteiger partial charge in [0.25, 0.3) is 0 Å². The first-order valence-corrected chi connectivity index (χ1v) is 8.53. The number of rotatable bonds is 10. The Kier molecular flexibility index (Phi) is 7.49. The Balaban J connectivity index is 1.81. The summed E-state index contributed by atoms with van der Waals surface area (Å²) >= 11 is 0. The summed E-state index contributed by atoms with van der Waals surface area (Å²) in [5, 5.41) is 11.9. The molecule has 2 aromatic rings. The van der Waals surface area contributed by atoms with E-state index in [2.05, 4.69) is 5.32 Å². The Labute approximate surface area is 152 Å². The lowest BCUT2D eigenvalue weighted by Crippen LogP contribution is -2.33. The number of para-hydroxylation sites is 2. The lowest BCUT2D eigenvalue weighted by Gasteiger charge is -2.15. The van der Waals surface area contributed by atoms with Gasteiger partial charge in [-0.3, -0.25) is 4.79 Å². The van der Waals surface area contributed by atoms with Crippen molar-refractivity contribution in [1.82, 2.24) is 5.32 Å². The fourth-order valence-corrected chi connectivity index (χ4v) is 2.43. The van der Waals surface area contributed by atoms with E-state index < -0.39 is 12.0 Å². The smallest absolute Gasteiger partial charge is 0.330 e. The molecule has 1 amide bonds. The van der Waals surface area contributed by atoms with E-state index in [0.717, 1.165) is 0 Å². The number of amides is 1. The van der Waals surface area contributed by atoms with Crippen LogP contribution in [0.2, 0.25) is 0 Å². The molecule has 0 radical (unpaired) electrons. The average molecular weight is 357 g/mol. The van der Waals surface area contributed by atoms with Crippen LogP contribution in [0.15, 0.2) is 54.6 Å². The molecule has 0 fully saturated rings. The molecule has 0 saturated carbocycles. The number of hydrogen-bond acceptors (Lipinski definition) is 4. The third kappa shape index (κ3) is 5.81. The van der Waals surface area contributed by atoms with Crippen molar-refractivity contribution in [3.8, 4) is 11.5 Å². The lowest BCUT2D eigenvalue weighted by molar-refractivity contribution is -0.142. The van der Waals surface area contributed by atoms with Crippen molar-refractivity contribution in [3.05, 3.63) is 60.2 Å². The summed E-state index contributed by atoms with van der Waals surface area (Å²) in [5.74, 6) is -0.133. The van der Waals surface area contributed by atoms with Crippen LogP contribution in [0, 0.1) is 0 Å². The SMILES string of the molecule is CCOc1ccccc1OCCCC(=O)N[C@@H](C(=O)O)c1ccccc1. The monoisotopic (exact) mass is 357 g/mol. The highest BCUT2D eigenvalue weighted by Crippen LogP contribution is 2.26. The third-order valence-corrected chi connectivity index (χ3v) is 3.64. The summed E-state index contributed by atoms with van der Waals surface area (Å²) in [7, 11) is 0. The maximum atomic E-state index is 12.1. The summed E-state index contributed by atoms with van der Waals surface area (Å²) in [4.78, 5) is 23.5. The highest BCUT2D eigenvalue weighted by Gasteiger charge is 2.21. The van der Waals surface area contributed by atoms with Crippen LogP contribution >= 0.6 is 0 Å². The molecule has 6 heteroatoms. The van der Waals surface area contributed by atoms with Crippen LogP contribution in [0.25, 0.3) is 0 Å². The highest BCUT2D eigenvalue weighted by molar-refractivity contribution is 5.84. The van der Waals surface area contributed by atoms with E-state index >= 15 is 0 Å². The summed E-state index contributed by atoms with van der Waals surface area (Å²) in [5.41, 5.74) is 0.537. The van der Waals surface area contributed by atoms with Crippen LogP contribution in [0.4, 0.5) is 0 Å². The molecule has 26 heavy (non-hydrogen) atoms. The van der Waals surface area contributed by atoms with Gasteiger partial charge in [-0.15, -0.1) is 0 Å². The van der Waals surface area contributed by atoms with Gasteiger partial charge < -0.3 is 19.9 Å². The van der Waals surface area contributed by atoms with Gasteiger partial charge in [-0.1, -0.05) is 42.5 Å². The quantitative estimate of drug-likeness (QED) is 0.638. The number of benzene rings is 2. The normalized spacial score (nSPS) is 11.4.